The van der Waals surface area contributed by atoms with Gasteiger partial charge in [-0.1, -0.05) is 13.8 Å². The SMILES string of the molecule is COC(=O)c1ccc(NC(=O)CC[C@@H](CC(C)C)C(=O)O)cc1. The molecule has 2 N–H and O–H groups in total. The molecule has 126 valence electrons. The minimum Gasteiger partial charge on any atom is -0.481 e. The molecular formula is C17H23NO5. The smallest absolute Gasteiger partial charge is 0.337 e. The average Bonchev–Trinajstić information content (AvgIpc) is 2.50. The van der Waals surface area contributed by atoms with Gasteiger partial charge < -0.3 is 15.2 Å². The number of esters is 1. The molecule has 6 nitrogen and oxygen atoms in total. The Hall–Kier alpha value is -2.37. The monoisotopic (exact) mass is 321 g/mol. The quantitative estimate of drug-likeness (QED) is 0.718. The number of anilines is 1. The molecule has 0 saturated carbocycles. The molecule has 0 heterocycles. The van der Waals surface area contributed by atoms with Gasteiger partial charge in [0.15, 0.2) is 0 Å². The van der Waals surface area contributed by atoms with Gasteiger partial charge in [-0.2, -0.15) is 0 Å². The van der Waals surface area contributed by atoms with E-state index in [0.29, 0.717) is 24.1 Å². The second kappa shape index (κ2) is 8.92. The lowest BCUT2D eigenvalue weighted by molar-refractivity contribution is -0.142. The number of carboxylic acid groups (broad SMARTS) is 1. The molecule has 0 radical (unpaired) electrons. The normalized spacial score (nSPS) is 11.8. The average molecular weight is 321 g/mol. The lowest BCUT2D eigenvalue weighted by Crippen LogP contribution is -2.19. The van der Waals surface area contributed by atoms with Crippen molar-refractivity contribution in [3.63, 3.8) is 0 Å². The van der Waals surface area contributed by atoms with Gasteiger partial charge in [0.2, 0.25) is 5.91 Å². The third-order valence-electron chi connectivity index (χ3n) is 3.41. The summed E-state index contributed by atoms with van der Waals surface area (Å²) < 4.78 is 4.59. The fourth-order valence-electron chi connectivity index (χ4n) is 2.25. The fourth-order valence-corrected chi connectivity index (χ4v) is 2.25. The van der Waals surface area contributed by atoms with Gasteiger partial charge in [0.05, 0.1) is 18.6 Å². The summed E-state index contributed by atoms with van der Waals surface area (Å²) in [6.07, 6.45) is 0.998. The van der Waals surface area contributed by atoms with Crippen molar-refractivity contribution in [2.45, 2.75) is 33.1 Å². The van der Waals surface area contributed by atoms with E-state index in [4.69, 9.17) is 5.11 Å². The molecule has 0 aliphatic carbocycles. The van der Waals surface area contributed by atoms with Crippen LogP contribution in [0.5, 0.6) is 0 Å². The molecule has 0 aliphatic heterocycles. The second-order valence-electron chi connectivity index (χ2n) is 5.82. The standard InChI is InChI=1S/C17H23NO5/c1-11(2)10-13(16(20)21)6-9-15(19)18-14-7-4-12(5-8-14)17(22)23-3/h4-5,7-8,11,13H,6,9-10H2,1-3H3,(H,18,19)(H,20,21)/t13-/m0/s1. The van der Waals surface area contributed by atoms with E-state index in [1.54, 1.807) is 24.3 Å². The van der Waals surface area contributed by atoms with Gasteiger partial charge in [0.1, 0.15) is 0 Å². The molecule has 0 saturated heterocycles. The summed E-state index contributed by atoms with van der Waals surface area (Å²) in [5.41, 5.74) is 0.951. The first-order valence-electron chi connectivity index (χ1n) is 7.54. The van der Waals surface area contributed by atoms with Gasteiger partial charge >= 0.3 is 11.9 Å². The number of carbonyl (C=O) groups excluding carboxylic acids is 2. The van der Waals surface area contributed by atoms with E-state index in [9.17, 15) is 14.4 Å². The molecule has 0 aromatic heterocycles. The summed E-state index contributed by atoms with van der Waals surface area (Å²) in [4.78, 5) is 34.4. The Bertz CT molecular complexity index is 551. The summed E-state index contributed by atoms with van der Waals surface area (Å²) in [5, 5.41) is 11.8. The summed E-state index contributed by atoms with van der Waals surface area (Å²) in [5.74, 6) is -1.80. The Morgan fingerprint density at radius 3 is 2.26 bits per heavy atom. The van der Waals surface area contributed by atoms with Crippen LogP contribution in [-0.2, 0) is 14.3 Å². The zero-order chi connectivity index (χ0) is 17.4. The maximum atomic E-state index is 11.9. The maximum absolute atomic E-state index is 11.9. The van der Waals surface area contributed by atoms with E-state index < -0.39 is 17.9 Å². The highest BCUT2D eigenvalue weighted by atomic mass is 16.5. The van der Waals surface area contributed by atoms with Gasteiger partial charge in [-0.15, -0.1) is 0 Å². The molecule has 0 aliphatic rings. The van der Waals surface area contributed by atoms with E-state index in [1.165, 1.54) is 7.11 Å². The van der Waals surface area contributed by atoms with Crippen molar-refractivity contribution in [2.24, 2.45) is 11.8 Å². The zero-order valence-electron chi connectivity index (χ0n) is 13.7. The van der Waals surface area contributed by atoms with Crippen LogP contribution in [0.3, 0.4) is 0 Å². The number of methoxy groups -OCH3 is 1. The molecule has 1 rings (SSSR count). The summed E-state index contributed by atoms with van der Waals surface area (Å²) in [6.45, 7) is 3.91. The van der Waals surface area contributed by atoms with Gasteiger partial charge in [-0.25, -0.2) is 4.79 Å². The van der Waals surface area contributed by atoms with Crippen LogP contribution in [0, 0.1) is 11.8 Å². The number of amides is 1. The number of benzene rings is 1. The Kier molecular flexibility index (Phi) is 7.25. The van der Waals surface area contributed by atoms with Crippen LogP contribution in [0.1, 0.15) is 43.5 Å². The summed E-state index contributed by atoms with van der Waals surface area (Å²) in [6, 6.07) is 6.32. The van der Waals surface area contributed by atoms with Crippen molar-refractivity contribution in [1.29, 1.82) is 0 Å². The van der Waals surface area contributed by atoms with Crippen molar-refractivity contribution in [1.82, 2.24) is 0 Å². The number of nitrogens with one attached hydrogen (secondary N) is 1. The van der Waals surface area contributed by atoms with E-state index >= 15 is 0 Å². The van der Waals surface area contributed by atoms with Crippen LogP contribution < -0.4 is 5.32 Å². The highest BCUT2D eigenvalue weighted by Gasteiger charge is 2.20. The Balaban J connectivity index is 2.52. The summed E-state index contributed by atoms with van der Waals surface area (Å²) in [7, 11) is 1.30. The Morgan fingerprint density at radius 2 is 1.78 bits per heavy atom. The van der Waals surface area contributed by atoms with Crippen molar-refractivity contribution >= 4 is 23.5 Å². The van der Waals surface area contributed by atoms with Crippen molar-refractivity contribution in [2.75, 3.05) is 12.4 Å². The van der Waals surface area contributed by atoms with E-state index in [1.807, 2.05) is 13.8 Å². The molecule has 1 atom stereocenters. The Morgan fingerprint density at radius 1 is 1.17 bits per heavy atom. The highest BCUT2D eigenvalue weighted by molar-refractivity contribution is 5.93. The molecule has 6 heteroatoms. The predicted octanol–water partition coefficient (Wildman–Crippen LogP) is 2.94. The van der Waals surface area contributed by atoms with Crippen LogP contribution in [0.4, 0.5) is 5.69 Å². The van der Waals surface area contributed by atoms with E-state index in [2.05, 4.69) is 10.1 Å². The lowest BCUT2D eigenvalue weighted by atomic mass is 9.93. The van der Waals surface area contributed by atoms with Gasteiger partial charge in [0.25, 0.3) is 0 Å². The third-order valence-corrected chi connectivity index (χ3v) is 3.41. The molecule has 0 bridgehead atoms. The number of hydrogen-bond donors (Lipinski definition) is 2. The first-order valence-corrected chi connectivity index (χ1v) is 7.54. The van der Waals surface area contributed by atoms with Crippen LogP contribution in [-0.4, -0.2) is 30.1 Å². The first-order chi connectivity index (χ1) is 10.8. The number of carbonyl (C=O) groups is 3. The lowest BCUT2D eigenvalue weighted by Gasteiger charge is -2.14. The number of hydrogen-bond acceptors (Lipinski definition) is 4. The van der Waals surface area contributed by atoms with Crippen LogP contribution >= 0.6 is 0 Å². The zero-order valence-corrected chi connectivity index (χ0v) is 13.7. The number of rotatable bonds is 8. The maximum Gasteiger partial charge on any atom is 0.337 e. The first kappa shape index (κ1) is 18.7. The number of ether oxygens (including phenoxy) is 1. The molecule has 0 unspecified atom stereocenters. The van der Waals surface area contributed by atoms with Crippen molar-refractivity contribution < 1.29 is 24.2 Å². The highest BCUT2D eigenvalue weighted by Crippen LogP contribution is 2.18. The third kappa shape index (κ3) is 6.50. The van der Waals surface area contributed by atoms with Crippen LogP contribution in [0.25, 0.3) is 0 Å². The Labute approximate surface area is 135 Å². The van der Waals surface area contributed by atoms with Gasteiger partial charge in [-0.05, 0) is 43.0 Å². The topological polar surface area (TPSA) is 92.7 Å². The number of aliphatic carboxylic acids is 1. The van der Waals surface area contributed by atoms with Gasteiger partial charge in [-0.3, -0.25) is 9.59 Å². The molecular weight excluding hydrogens is 298 g/mol. The van der Waals surface area contributed by atoms with Gasteiger partial charge in [0, 0.05) is 12.1 Å². The van der Waals surface area contributed by atoms with E-state index in [-0.39, 0.29) is 18.2 Å². The van der Waals surface area contributed by atoms with Crippen LogP contribution in [0.2, 0.25) is 0 Å². The second-order valence-corrected chi connectivity index (χ2v) is 5.82. The predicted molar refractivity (Wildman–Crippen MR) is 86.2 cm³/mol. The number of carboxylic acids is 1. The van der Waals surface area contributed by atoms with Crippen molar-refractivity contribution in [3.05, 3.63) is 29.8 Å². The van der Waals surface area contributed by atoms with E-state index in [0.717, 1.165) is 0 Å². The summed E-state index contributed by atoms with van der Waals surface area (Å²) >= 11 is 0. The minimum atomic E-state index is -0.867. The van der Waals surface area contributed by atoms with Crippen molar-refractivity contribution in [3.8, 4) is 0 Å². The minimum absolute atomic E-state index is 0.141. The largest absolute Gasteiger partial charge is 0.481 e. The molecule has 1 amide bonds. The molecule has 23 heavy (non-hydrogen) atoms. The van der Waals surface area contributed by atoms with Crippen LogP contribution in [0.15, 0.2) is 24.3 Å². The fraction of sp³-hybridized carbons (Fsp3) is 0.471. The molecule has 0 spiro atoms. The molecule has 1 aromatic rings. The molecule has 0 fully saturated rings. The molecule has 1 aromatic carbocycles.